The molecule has 0 saturated heterocycles. The number of halogens is 2. The topological polar surface area (TPSA) is 78.5 Å². The zero-order valence-electron chi connectivity index (χ0n) is 14.9. The third-order valence-corrected chi connectivity index (χ3v) is 3.74. The van der Waals surface area contributed by atoms with E-state index in [1.54, 1.807) is 26.2 Å². The summed E-state index contributed by atoms with van der Waals surface area (Å²) in [6.07, 6.45) is -0.104. The van der Waals surface area contributed by atoms with Crippen LogP contribution in [0, 0.1) is 11.6 Å². The van der Waals surface area contributed by atoms with Crippen LogP contribution in [-0.2, 0) is 16.0 Å². The van der Waals surface area contributed by atoms with E-state index in [0.717, 1.165) is 12.1 Å². The molecule has 27 heavy (non-hydrogen) atoms. The second kappa shape index (κ2) is 8.88. The molecule has 142 valence electrons. The Kier molecular flexibility index (Phi) is 6.59. The van der Waals surface area contributed by atoms with Crippen molar-refractivity contribution < 1.29 is 23.2 Å². The molecule has 2 aromatic rings. The van der Waals surface area contributed by atoms with Crippen molar-refractivity contribution in [1.29, 1.82) is 0 Å². The number of nitrogens with one attached hydrogen (secondary N) is 2. The average molecular weight is 375 g/mol. The van der Waals surface area contributed by atoms with Gasteiger partial charge in [-0.3, -0.25) is 14.4 Å². The van der Waals surface area contributed by atoms with Gasteiger partial charge < -0.3 is 15.5 Å². The van der Waals surface area contributed by atoms with Crippen molar-refractivity contribution in [2.24, 2.45) is 0 Å². The van der Waals surface area contributed by atoms with Crippen LogP contribution >= 0.6 is 0 Å². The summed E-state index contributed by atoms with van der Waals surface area (Å²) < 4.78 is 27.1. The Morgan fingerprint density at radius 2 is 1.56 bits per heavy atom. The van der Waals surface area contributed by atoms with E-state index >= 15 is 0 Å². The van der Waals surface area contributed by atoms with Gasteiger partial charge >= 0.3 is 11.8 Å². The number of carbonyl (C=O) groups excluding carboxylic acids is 3. The van der Waals surface area contributed by atoms with E-state index in [4.69, 9.17) is 0 Å². The van der Waals surface area contributed by atoms with Gasteiger partial charge in [0.25, 0.3) is 5.91 Å². The molecule has 0 bridgehead atoms. The molecule has 0 aliphatic carbocycles. The molecule has 0 spiro atoms. The predicted octanol–water partition coefficient (Wildman–Crippen LogP) is 1.96. The van der Waals surface area contributed by atoms with Gasteiger partial charge in [0, 0.05) is 26.2 Å². The molecule has 0 aliphatic rings. The van der Waals surface area contributed by atoms with E-state index in [2.05, 4.69) is 10.6 Å². The number of amides is 3. The number of para-hydroxylation sites is 1. The van der Waals surface area contributed by atoms with Gasteiger partial charge in [-0.25, -0.2) is 8.78 Å². The fraction of sp³-hybridized carbons (Fsp3) is 0.211. The first-order chi connectivity index (χ1) is 12.8. The summed E-state index contributed by atoms with van der Waals surface area (Å²) in [4.78, 5) is 37.4. The Labute approximate surface area is 155 Å². The maximum atomic E-state index is 13.5. The van der Waals surface area contributed by atoms with Gasteiger partial charge in [-0.05, 0) is 30.7 Å². The lowest BCUT2D eigenvalue weighted by molar-refractivity contribution is -0.136. The Balaban J connectivity index is 1.97. The highest BCUT2D eigenvalue weighted by molar-refractivity contribution is 6.40. The third-order valence-electron chi connectivity index (χ3n) is 3.74. The van der Waals surface area contributed by atoms with Crippen molar-refractivity contribution in [2.45, 2.75) is 6.42 Å². The zero-order chi connectivity index (χ0) is 20.0. The number of hydrogen-bond acceptors (Lipinski definition) is 3. The van der Waals surface area contributed by atoms with E-state index in [1.165, 1.54) is 23.1 Å². The van der Waals surface area contributed by atoms with E-state index in [9.17, 15) is 23.2 Å². The molecule has 2 rings (SSSR count). The maximum absolute atomic E-state index is 13.5. The summed E-state index contributed by atoms with van der Waals surface area (Å²) in [5, 5.41) is 4.67. The first-order valence-electron chi connectivity index (χ1n) is 8.14. The Morgan fingerprint density at radius 3 is 2.19 bits per heavy atom. The largest absolute Gasteiger partial charge is 0.347 e. The molecule has 0 atom stereocenters. The summed E-state index contributed by atoms with van der Waals surface area (Å²) >= 11 is 0. The van der Waals surface area contributed by atoms with Crippen molar-refractivity contribution in [1.82, 2.24) is 10.2 Å². The minimum atomic E-state index is -0.983. The van der Waals surface area contributed by atoms with Gasteiger partial charge in [0.2, 0.25) is 0 Å². The lowest BCUT2D eigenvalue weighted by Gasteiger charge is -2.14. The second-order valence-electron chi connectivity index (χ2n) is 5.91. The van der Waals surface area contributed by atoms with Crippen molar-refractivity contribution in [3.63, 3.8) is 0 Å². The highest BCUT2D eigenvalue weighted by Gasteiger charge is 2.18. The molecule has 6 nitrogen and oxygen atoms in total. The Bertz CT molecular complexity index is 849. The number of carbonyl (C=O) groups is 3. The molecule has 0 heterocycles. The zero-order valence-corrected chi connectivity index (χ0v) is 14.9. The maximum Gasteiger partial charge on any atom is 0.313 e. The Morgan fingerprint density at radius 1 is 0.926 bits per heavy atom. The fourth-order valence-electron chi connectivity index (χ4n) is 2.35. The van der Waals surface area contributed by atoms with Crippen LogP contribution in [0.25, 0.3) is 0 Å². The van der Waals surface area contributed by atoms with Gasteiger partial charge in [-0.15, -0.1) is 0 Å². The molecular weight excluding hydrogens is 356 g/mol. The molecule has 0 radical (unpaired) electrons. The molecule has 8 heteroatoms. The van der Waals surface area contributed by atoms with Crippen molar-refractivity contribution in [2.75, 3.05) is 26.0 Å². The number of rotatable bonds is 5. The lowest BCUT2D eigenvalue weighted by Crippen LogP contribution is -2.37. The van der Waals surface area contributed by atoms with E-state index in [-0.39, 0.29) is 35.7 Å². The minimum Gasteiger partial charge on any atom is -0.347 e. The van der Waals surface area contributed by atoms with Gasteiger partial charge in [0.05, 0.1) is 11.3 Å². The highest BCUT2D eigenvalue weighted by atomic mass is 19.1. The fourth-order valence-corrected chi connectivity index (χ4v) is 2.35. The summed E-state index contributed by atoms with van der Waals surface area (Å²) in [6, 6.07) is 9.74. The quantitative estimate of drug-likeness (QED) is 0.785. The number of hydrogen-bond donors (Lipinski definition) is 2. The van der Waals surface area contributed by atoms with Crippen LogP contribution in [0.1, 0.15) is 15.9 Å². The molecule has 2 N–H and O–H groups in total. The van der Waals surface area contributed by atoms with Crippen LogP contribution in [0.15, 0.2) is 42.5 Å². The summed E-state index contributed by atoms with van der Waals surface area (Å²) in [5.41, 5.74) is 0.258. The van der Waals surface area contributed by atoms with Crippen LogP contribution in [0.2, 0.25) is 0 Å². The van der Waals surface area contributed by atoms with Crippen LogP contribution in [0.4, 0.5) is 14.5 Å². The van der Waals surface area contributed by atoms with Crippen molar-refractivity contribution in [3.05, 3.63) is 65.2 Å². The van der Waals surface area contributed by atoms with Gasteiger partial charge in [-0.2, -0.15) is 0 Å². The molecular formula is C19H19F2N3O3. The van der Waals surface area contributed by atoms with Crippen LogP contribution in [0.3, 0.4) is 0 Å². The van der Waals surface area contributed by atoms with E-state index < -0.39 is 23.4 Å². The monoisotopic (exact) mass is 375 g/mol. The Hall–Kier alpha value is -3.29. The van der Waals surface area contributed by atoms with Gasteiger partial charge in [0.1, 0.15) is 11.6 Å². The minimum absolute atomic E-state index is 0.104. The number of anilines is 1. The average Bonchev–Trinajstić information content (AvgIpc) is 2.63. The lowest BCUT2D eigenvalue weighted by atomic mass is 10.1. The van der Waals surface area contributed by atoms with Crippen molar-refractivity contribution >= 4 is 23.4 Å². The smallest absolute Gasteiger partial charge is 0.313 e. The van der Waals surface area contributed by atoms with Gasteiger partial charge in [-0.1, -0.05) is 18.2 Å². The summed E-state index contributed by atoms with van der Waals surface area (Å²) in [6.45, 7) is -0.123. The first kappa shape index (κ1) is 20.0. The summed E-state index contributed by atoms with van der Waals surface area (Å²) in [5.74, 6) is -3.72. The first-order valence-corrected chi connectivity index (χ1v) is 8.14. The normalized spacial score (nSPS) is 10.2. The molecule has 2 aromatic carbocycles. The van der Waals surface area contributed by atoms with E-state index in [1.807, 2.05) is 0 Å². The molecule has 3 amide bonds. The van der Waals surface area contributed by atoms with E-state index in [0.29, 0.717) is 0 Å². The van der Waals surface area contributed by atoms with Gasteiger partial charge in [0.15, 0.2) is 0 Å². The highest BCUT2D eigenvalue weighted by Crippen LogP contribution is 2.16. The molecule has 0 fully saturated rings. The second-order valence-corrected chi connectivity index (χ2v) is 5.91. The van der Waals surface area contributed by atoms with Crippen LogP contribution in [0.5, 0.6) is 0 Å². The van der Waals surface area contributed by atoms with Crippen LogP contribution in [-0.4, -0.2) is 43.3 Å². The predicted molar refractivity (Wildman–Crippen MR) is 96.2 cm³/mol. The SMILES string of the molecule is CN(C)C(=O)c1ccccc1NC(=O)C(=O)NCCc1c(F)cccc1F. The van der Waals surface area contributed by atoms with Crippen molar-refractivity contribution in [3.8, 4) is 0 Å². The molecule has 0 unspecified atom stereocenters. The summed E-state index contributed by atoms with van der Waals surface area (Å²) in [7, 11) is 3.13. The standard InChI is InChI=1S/C19H19F2N3O3/c1-24(2)19(27)13-6-3-4-9-16(13)23-18(26)17(25)22-11-10-12-14(20)7-5-8-15(12)21/h3-9H,10-11H2,1-2H3,(H,22,25)(H,23,26). The molecule has 0 saturated carbocycles. The van der Waals surface area contributed by atoms with Crippen LogP contribution < -0.4 is 10.6 Å². The molecule has 0 aromatic heterocycles. The molecule has 0 aliphatic heterocycles. The number of benzene rings is 2. The number of nitrogens with zero attached hydrogens (tertiary/aromatic N) is 1. The third kappa shape index (κ3) is 5.10.